The minimum atomic E-state index is -0.0273. The molecule has 0 bridgehead atoms. The van der Waals surface area contributed by atoms with Gasteiger partial charge >= 0.3 is 0 Å². The molecule has 0 aliphatic heterocycles. The Hall–Kier alpha value is -0.570. The molecule has 0 fully saturated rings. The maximum absolute atomic E-state index is 9.35. The monoisotopic (exact) mass is 241 g/mol. The molecule has 0 heterocycles. The third-order valence-corrected chi connectivity index (χ3v) is 2.96. The summed E-state index contributed by atoms with van der Waals surface area (Å²) in [5, 5.41) is 13.4. The van der Waals surface area contributed by atoms with Gasteiger partial charge in [-0.2, -0.15) is 0 Å². The molecule has 0 saturated heterocycles. The molecule has 16 heavy (non-hydrogen) atoms. The van der Waals surface area contributed by atoms with Crippen LogP contribution < -0.4 is 5.32 Å². The van der Waals surface area contributed by atoms with Crippen molar-refractivity contribution in [2.45, 2.75) is 26.8 Å². The van der Waals surface area contributed by atoms with E-state index in [0.717, 1.165) is 22.7 Å². The number of aliphatic hydroxyl groups is 1. The van der Waals surface area contributed by atoms with Gasteiger partial charge in [-0.3, -0.25) is 0 Å². The highest BCUT2D eigenvalue weighted by Crippen LogP contribution is 2.21. The first-order valence-electron chi connectivity index (χ1n) is 5.65. The third-order valence-electron chi connectivity index (χ3n) is 2.55. The van der Waals surface area contributed by atoms with Crippen LogP contribution in [0.15, 0.2) is 18.2 Å². The average molecular weight is 242 g/mol. The van der Waals surface area contributed by atoms with Crippen LogP contribution in [-0.2, 0) is 0 Å². The van der Waals surface area contributed by atoms with Crippen molar-refractivity contribution >= 4 is 11.6 Å². The zero-order valence-corrected chi connectivity index (χ0v) is 10.9. The lowest BCUT2D eigenvalue weighted by Crippen LogP contribution is -2.27. The van der Waals surface area contributed by atoms with Crippen LogP contribution in [-0.4, -0.2) is 18.3 Å². The maximum atomic E-state index is 9.35. The number of halogens is 1. The van der Waals surface area contributed by atoms with Crippen LogP contribution in [0.3, 0.4) is 0 Å². The second-order valence-corrected chi connectivity index (χ2v) is 4.95. The molecule has 0 aromatic heterocycles. The standard InChI is InChI=1S/C13H20ClNO/c1-9(2)7-15-13(8-16)11-5-4-10(3)12(14)6-11/h4-6,9,13,15-16H,7-8H2,1-3H3. The van der Waals surface area contributed by atoms with Crippen LogP contribution in [0.25, 0.3) is 0 Å². The first-order valence-corrected chi connectivity index (χ1v) is 6.02. The number of rotatable bonds is 5. The number of hydrogen-bond acceptors (Lipinski definition) is 2. The minimum Gasteiger partial charge on any atom is -0.394 e. The average Bonchev–Trinajstić information content (AvgIpc) is 2.23. The summed E-state index contributed by atoms with van der Waals surface area (Å²) < 4.78 is 0. The summed E-state index contributed by atoms with van der Waals surface area (Å²) in [5.74, 6) is 0.565. The van der Waals surface area contributed by atoms with Crippen LogP contribution >= 0.6 is 11.6 Å². The Balaban J connectivity index is 2.74. The van der Waals surface area contributed by atoms with E-state index in [2.05, 4.69) is 19.2 Å². The molecule has 0 radical (unpaired) electrons. The number of aryl methyl sites for hydroxylation is 1. The molecule has 0 amide bonds. The van der Waals surface area contributed by atoms with Crippen LogP contribution in [0.4, 0.5) is 0 Å². The van der Waals surface area contributed by atoms with E-state index in [1.165, 1.54) is 0 Å². The van der Waals surface area contributed by atoms with Crippen molar-refractivity contribution in [3.05, 3.63) is 34.3 Å². The first kappa shape index (κ1) is 13.5. The Morgan fingerprint density at radius 3 is 2.56 bits per heavy atom. The molecule has 0 aliphatic carbocycles. The predicted octanol–water partition coefficient (Wildman–Crippen LogP) is 2.93. The molecule has 0 saturated carbocycles. The van der Waals surface area contributed by atoms with E-state index >= 15 is 0 Å². The summed E-state index contributed by atoms with van der Waals surface area (Å²) in [6.07, 6.45) is 0. The molecule has 2 nitrogen and oxygen atoms in total. The minimum absolute atomic E-state index is 0.0273. The smallest absolute Gasteiger partial charge is 0.0626 e. The molecular formula is C13H20ClNO. The lowest BCUT2D eigenvalue weighted by molar-refractivity contribution is 0.241. The molecule has 2 N–H and O–H groups in total. The van der Waals surface area contributed by atoms with Gasteiger partial charge in [0.15, 0.2) is 0 Å². The highest BCUT2D eigenvalue weighted by molar-refractivity contribution is 6.31. The zero-order chi connectivity index (χ0) is 12.1. The molecule has 1 aromatic rings. The summed E-state index contributed by atoms with van der Waals surface area (Å²) >= 11 is 6.07. The van der Waals surface area contributed by atoms with Gasteiger partial charge in [-0.1, -0.05) is 37.6 Å². The molecule has 1 aromatic carbocycles. The molecular weight excluding hydrogens is 222 g/mol. The number of benzene rings is 1. The second-order valence-electron chi connectivity index (χ2n) is 4.55. The Morgan fingerprint density at radius 2 is 2.06 bits per heavy atom. The Kier molecular flexibility index (Phi) is 5.26. The quantitative estimate of drug-likeness (QED) is 0.831. The van der Waals surface area contributed by atoms with Crippen molar-refractivity contribution in [1.82, 2.24) is 5.32 Å². The molecule has 90 valence electrons. The largest absolute Gasteiger partial charge is 0.394 e. The van der Waals surface area contributed by atoms with E-state index in [9.17, 15) is 5.11 Å². The number of nitrogens with one attached hydrogen (secondary N) is 1. The first-order chi connectivity index (χ1) is 7.54. The fourth-order valence-corrected chi connectivity index (χ4v) is 1.68. The van der Waals surface area contributed by atoms with E-state index in [1.807, 2.05) is 25.1 Å². The molecule has 1 unspecified atom stereocenters. The van der Waals surface area contributed by atoms with Gasteiger partial charge in [0.2, 0.25) is 0 Å². The number of aliphatic hydroxyl groups excluding tert-OH is 1. The fourth-order valence-electron chi connectivity index (χ4n) is 1.49. The van der Waals surface area contributed by atoms with Gasteiger partial charge in [0, 0.05) is 5.02 Å². The third kappa shape index (κ3) is 3.78. The Morgan fingerprint density at radius 1 is 1.38 bits per heavy atom. The highest BCUT2D eigenvalue weighted by Gasteiger charge is 2.11. The van der Waals surface area contributed by atoms with Crippen LogP contribution in [0.2, 0.25) is 5.02 Å². The normalized spacial score (nSPS) is 13.1. The summed E-state index contributed by atoms with van der Waals surface area (Å²) in [6.45, 7) is 7.23. The molecule has 0 spiro atoms. The topological polar surface area (TPSA) is 32.3 Å². The molecule has 0 aliphatic rings. The van der Waals surface area contributed by atoms with Crippen molar-refractivity contribution in [2.24, 2.45) is 5.92 Å². The van der Waals surface area contributed by atoms with Crippen molar-refractivity contribution in [1.29, 1.82) is 0 Å². The van der Waals surface area contributed by atoms with Gasteiger partial charge in [0.1, 0.15) is 0 Å². The van der Waals surface area contributed by atoms with Gasteiger partial charge in [-0.25, -0.2) is 0 Å². The van der Waals surface area contributed by atoms with E-state index in [0.29, 0.717) is 5.92 Å². The van der Waals surface area contributed by atoms with Crippen molar-refractivity contribution < 1.29 is 5.11 Å². The van der Waals surface area contributed by atoms with Crippen LogP contribution in [0.1, 0.15) is 31.0 Å². The predicted molar refractivity (Wildman–Crippen MR) is 68.9 cm³/mol. The van der Waals surface area contributed by atoms with Gasteiger partial charge < -0.3 is 10.4 Å². The second kappa shape index (κ2) is 6.24. The Bertz CT molecular complexity index is 339. The number of hydrogen-bond donors (Lipinski definition) is 2. The zero-order valence-electron chi connectivity index (χ0n) is 10.1. The summed E-state index contributed by atoms with van der Waals surface area (Å²) in [6, 6.07) is 5.89. The fraction of sp³-hybridized carbons (Fsp3) is 0.538. The van der Waals surface area contributed by atoms with E-state index in [4.69, 9.17) is 11.6 Å². The lowest BCUT2D eigenvalue weighted by Gasteiger charge is -2.18. The van der Waals surface area contributed by atoms with Crippen molar-refractivity contribution in [3.63, 3.8) is 0 Å². The molecule has 1 atom stereocenters. The van der Waals surface area contributed by atoms with E-state index in [1.54, 1.807) is 0 Å². The Labute approximate surface area is 103 Å². The van der Waals surface area contributed by atoms with E-state index < -0.39 is 0 Å². The van der Waals surface area contributed by atoms with Gasteiger partial charge in [0.05, 0.1) is 12.6 Å². The van der Waals surface area contributed by atoms with Crippen LogP contribution in [0.5, 0.6) is 0 Å². The van der Waals surface area contributed by atoms with Gasteiger partial charge in [-0.15, -0.1) is 0 Å². The van der Waals surface area contributed by atoms with Gasteiger partial charge in [-0.05, 0) is 36.6 Å². The van der Waals surface area contributed by atoms with Crippen molar-refractivity contribution in [3.8, 4) is 0 Å². The summed E-state index contributed by atoms with van der Waals surface area (Å²) in [7, 11) is 0. The van der Waals surface area contributed by atoms with Crippen LogP contribution in [0, 0.1) is 12.8 Å². The maximum Gasteiger partial charge on any atom is 0.0626 e. The SMILES string of the molecule is Cc1ccc(C(CO)NCC(C)C)cc1Cl. The molecule has 3 heteroatoms. The summed E-state index contributed by atoms with van der Waals surface area (Å²) in [4.78, 5) is 0. The van der Waals surface area contributed by atoms with E-state index in [-0.39, 0.29) is 12.6 Å². The van der Waals surface area contributed by atoms with Gasteiger partial charge in [0.25, 0.3) is 0 Å². The van der Waals surface area contributed by atoms with Crippen molar-refractivity contribution in [2.75, 3.05) is 13.2 Å². The highest BCUT2D eigenvalue weighted by atomic mass is 35.5. The molecule has 1 rings (SSSR count). The lowest BCUT2D eigenvalue weighted by atomic mass is 10.0. The summed E-state index contributed by atoms with van der Waals surface area (Å²) in [5.41, 5.74) is 2.10.